The molecule has 136 valence electrons. The normalized spacial score (nSPS) is 14.7. The molecule has 3 N–H and O–H groups in total. The van der Waals surface area contributed by atoms with Gasteiger partial charge in [0.25, 0.3) is 5.56 Å². The third kappa shape index (κ3) is 4.65. The van der Waals surface area contributed by atoms with E-state index in [2.05, 4.69) is 15.3 Å². The molecule has 2 aromatic rings. The zero-order valence-electron chi connectivity index (χ0n) is 13.9. The highest BCUT2D eigenvalue weighted by atomic mass is 35.5. The summed E-state index contributed by atoms with van der Waals surface area (Å²) in [5, 5.41) is 16.3. The summed E-state index contributed by atoms with van der Waals surface area (Å²) >= 11 is 12.1. The molecule has 2 heterocycles. The van der Waals surface area contributed by atoms with Gasteiger partial charge in [-0.2, -0.15) is 0 Å². The maximum atomic E-state index is 12.4. The molecule has 1 aliphatic heterocycles. The highest BCUT2D eigenvalue weighted by Gasteiger charge is 2.22. The Bertz CT molecular complexity index is 767. The van der Waals surface area contributed by atoms with Gasteiger partial charge in [0.1, 0.15) is 0 Å². The van der Waals surface area contributed by atoms with Crippen LogP contribution in [0.3, 0.4) is 0 Å². The lowest BCUT2D eigenvalue weighted by Crippen LogP contribution is -2.32. The number of H-pyrrole nitrogens is 1. The molecule has 0 saturated carbocycles. The Balaban J connectivity index is 1.65. The van der Waals surface area contributed by atoms with E-state index >= 15 is 0 Å². The molecule has 1 aromatic carbocycles. The van der Waals surface area contributed by atoms with Crippen molar-refractivity contribution in [1.29, 1.82) is 0 Å². The number of halogens is 2. The van der Waals surface area contributed by atoms with Crippen LogP contribution in [-0.4, -0.2) is 46.0 Å². The highest BCUT2D eigenvalue weighted by molar-refractivity contribution is 6.34. The summed E-state index contributed by atoms with van der Waals surface area (Å²) in [6.45, 7) is 4.10. The number of benzene rings is 1. The number of aliphatic hydroxyl groups excluding tert-OH is 1. The van der Waals surface area contributed by atoms with Gasteiger partial charge in [0.2, 0.25) is 0 Å². The lowest BCUT2D eigenvalue weighted by atomic mass is 10.1. The number of hydrogen-bond acceptors (Lipinski definition) is 4. The van der Waals surface area contributed by atoms with Crippen molar-refractivity contribution >= 4 is 23.2 Å². The monoisotopic (exact) mass is 384 g/mol. The molecule has 0 radical (unpaired) electrons. The van der Waals surface area contributed by atoms with Gasteiger partial charge >= 0.3 is 0 Å². The van der Waals surface area contributed by atoms with E-state index in [1.165, 1.54) is 0 Å². The van der Waals surface area contributed by atoms with Crippen LogP contribution in [0.5, 0.6) is 0 Å². The van der Waals surface area contributed by atoms with Crippen molar-refractivity contribution in [2.75, 3.05) is 26.2 Å². The van der Waals surface area contributed by atoms with Crippen LogP contribution < -0.4 is 10.9 Å². The summed E-state index contributed by atoms with van der Waals surface area (Å²) in [5.74, 6) is 0. The van der Waals surface area contributed by atoms with E-state index in [4.69, 9.17) is 28.3 Å². The maximum Gasteiger partial charge on any atom is 0.270 e. The van der Waals surface area contributed by atoms with Gasteiger partial charge < -0.3 is 10.4 Å². The van der Waals surface area contributed by atoms with E-state index in [0.29, 0.717) is 36.2 Å². The standard InChI is InChI=1S/C17H22Cl2N4O2/c18-13-7-12(8-14(19)9-13)10-22-4-1-15-16(11-22)21-23(17(15)25)5-2-20-3-6-24/h7-9,20-21,24H,1-6,10-11H2. The van der Waals surface area contributed by atoms with Gasteiger partial charge in [-0.3, -0.25) is 19.5 Å². The molecule has 0 aliphatic carbocycles. The van der Waals surface area contributed by atoms with Crippen molar-refractivity contribution in [3.63, 3.8) is 0 Å². The smallest absolute Gasteiger partial charge is 0.270 e. The Morgan fingerprint density at radius 1 is 1.20 bits per heavy atom. The zero-order chi connectivity index (χ0) is 17.8. The second-order valence-corrected chi connectivity index (χ2v) is 7.11. The summed E-state index contributed by atoms with van der Waals surface area (Å²) in [7, 11) is 0. The number of aromatic amines is 1. The number of aromatic nitrogens is 2. The van der Waals surface area contributed by atoms with Crippen molar-refractivity contribution in [2.24, 2.45) is 0 Å². The molecule has 0 atom stereocenters. The van der Waals surface area contributed by atoms with Crippen molar-refractivity contribution in [3.05, 3.63) is 55.4 Å². The maximum absolute atomic E-state index is 12.4. The third-order valence-electron chi connectivity index (χ3n) is 4.33. The molecule has 25 heavy (non-hydrogen) atoms. The van der Waals surface area contributed by atoms with Crippen molar-refractivity contribution < 1.29 is 5.11 Å². The van der Waals surface area contributed by atoms with E-state index in [9.17, 15) is 4.79 Å². The number of fused-ring (bicyclic) bond motifs is 1. The predicted octanol–water partition coefficient (Wildman–Crippen LogP) is 1.62. The van der Waals surface area contributed by atoms with Crippen LogP contribution in [0.1, 0.15) is 16.8 Å². The van der Waals surface area contributed by atoms with Crippen LogP contribution in [0.25, 0.3) is 0 Å². The van der Waals surface area contributed by atoms with E-state index in [1.807, 2.05) is 12.1 Å². The molecule has 8 heteroatoms. The zero-order valence-corrected chi connectivity index (χ0v) is 15.4. The van der Waals surface area contributed by atoms with Crippen molar-refractivity contribution in [1.82, 2.24) is 20.0 Å². The number of hydrogen-bond donors (Lipinski definition) is 3. The molecule has 0 fully saturated rings. The van der Waals surface area contributed by atoms with Gasteiger partial charge in [-0.15, -0.1) is 0 Å². The van der Waals surface area contributed by atoms with Crippen LogP contribution in [0, 0.1) is 0 Å². The number of aliphatic hydroxyl groups is 1. The van der Waals surface area contributed by atoms with Crippen LogP contribution in [0.15, 0.2) is 23.0 Å². The number of nitrogens with zero attached hydrogens (tertiary/aromatic N) is 2. The Labute approximate surface area is 156 Å². The lowest BCUT2D eigenvalue weighted by molar-refractivity contribution is 0.242. The summed E-state index contributed by atoms with van der Waals surface area (Å²) in [4.78, 5) is 14.7. The fourth-order valence-electron chi connectivity index (χ4n) is 3.18. The topological polar surface area (TPSA) is 73.3 Å². The van der Waals surface area contributed by atoms with Crippen LogP contribution in [0.2, 0.25) is 10.0 Å². The predicted molar refractivity (Wildman–Crippen MR) is 99.3 cm³/mol. The first kappa shape index (κ1) is 18.5. The average Bonchev–Trinajstić information content (AvgIpc) is 2.86. The van der Waals surface area contributed by atoms with Gasteiger partial charge in [-0.05, 0) is 30.2 Å². The molecule has 3 rings (SSSR count). The quantitative estimate of drug-likeness (QED) is 0.634. The first-order valence-corrected chi connectivity index (χ1v) is 9.12. The van der Waals surface area contributed by atoms with Gasteiger partial charge in [-0.25, -0.2) is 0 Å². The van der Waals surface area contributed by atoms with E-state index in [0.717, 1.165) is 36.3 Å². The summed E-state index contributed by atoms with van der Waals surface area (Å²) in [5.41, 5.74) is 2.98. The van der Waals surface area contributed by atoms with Crippen molar-refractivity contribution in [2.45, 2.75) is 26.1 Å². The molecular weight excluding hydrogens is 363 g/mol. The van der Waals surface area contributed by atoms with Gasteiger partial charge in [0.15, 0.2) is 0 Å². The van der Waals surface area contributed by atoms with E-state index in [1.54, 1.807) is 10.7 Å². The van der Waals surface area contributed by atoms with Gasteiger partial charge in [0.05, 0.1) is 18.8 Å². The Kier molecular flexibility index (Phi) is 6.19. The van der Waals surface area contributed by atoms with Crippen LogP contribution in [0.4, 0.5) is 0 Å². The number of rotatable bonds is 7. The minimum Gasteiger partial charge on any atom is -0.395 e. The second-order valence-electron chi connectivity index (χ2n) is 6.24. The van der Waals surface area contributed by atoms with Crippen LogP contribution in [-0.2, 0) is 26.1 Å². The average molecular weight is 385 g/mol. The molecule has 0 saturated heterocycles. The van der Waals surface area contributed by atoms with Crippen LogP contribution >= 0.6 is 23.2 Å². The van der Waals surface area contributed by atoms with Crippen molar-refractivity contribution in [3.8, 4) is 0 Å². The molecule has 0 amide bonds. The molecule has 6 nitrogen and oxygen atoms in total. The van der Waals surface area contributed by atoms with E-state index in [-0.39, 0.29) is 12.2 Å². The molecule has 0 bridgehead atoms. The Hall–Kier alpha value is -1.31. The summed E-state index contributed by atoms with van der Waals surface area (Å²) in [6, 6.07) is 5.57. The largest absolute Gasteiger partial charge is 0.395 e. The summed E-state index contributed by atoms with van der Waals surface area (Å²) < 4.78 is 1.65. The first-order valence-electron chi connectivity index (χ1n) is 8.36. The highest BCUT2D eigenvalue weighted by Crippen LogP contribution is 2.22. The SMILES string of the molecule is O=c1c2c([nH]n1CCNCCO)CN(Cc1cc(Cl)cc(Cl)c1)CC2. The minimum absolute atomic E-state index is 0.0613. The minimum atomic E-state index is 0.0613. The Morgan fingerprint density at radius 3 is 2.68 bits per heavy atom. The lowest BCUT2D eigenvalue weighted by Gasteiger charge is -2.26. The molecule has 1 aliphatic rings. The second kappa shape index (κ2) is 8.38. The molecule has 1 aromatic heterocycles. The molecule has 0 spiro atoms. The fourth-order valence-corrected chi connectivity index (χ4v) is 3.75. The Morgan fingerprint density at radius 2 is 1.96 bits per heavy atom. The molecular formula is C17H22Cl2N4O2. The molecule has 0 unspecified atom stereocenters. The van der Waals surface area contributed by atoms with Gasteiger partial charge in [-0.1, -0.05) is 23.2 Å². The third-order valence-corrected chi connectivity index (χ3v) is 4.76. The first-order chi connectivity index (χ1) is 12.1. The fraction of sp³-hybridized carbons (Fsp3) is 0.471. The van der Waals surface area contributed by atoms with Gasteiger partial charge in [0, 0.05) is 48.3 Å². The number of nitrogens with one attached hydrogen (secondary N) is 2. The van der Waals surface area contributed by atoms with E-state index < -0.39 is 0 Å². The summed E-state index contributed by atoms with van der Waals surface area (Å²) in [6.07, 6.45) is 0.732.